The molecule has 1 aliphatic rings. The Morgan fingerprint density at radius 2 is 1.82 bits per heavy atom. The Hall–Kier alpha value is -3.62. The first-order chi connectivity index (χ1) is 16.4. The summed E-state index contributed by atoms with van der Waals surface area (Å²) in [6.07, 6.45) is 0.741. The molecule has 3 aromatic rings. The van der Waals surface area contributed by atoms with Crippen LogP contribution in [0, 0.1) is 10.1 Å². The monoisotopic (exact) mass is 481 g/mol. The van der Waals surface area contributed by atoms with E-state index in [1.54, 1.807) is 14.2 Å². The fourth-order valence-corrected chi connectivity index (χ4v) is 4.51. The zero-order valence-electron chi connectivity index (χ0n) is 18.8. The molecular weight excluding hydrogens is 458 g/mol. The van der Waals surface area contributed by atoms with E-state index in [0.29, 0.717) is 23.7 Å². The number of nitro groups is 1. The number of fused-ring (bicyclic) bond motifs is 1. The van der Waals surface area contributed by atoms with E-state index in [1.165, 1.54) is 18.2 Å². The summed E-state index contributed by atoms with van der Waals surface area (Å²) < 4.78 is 11.0. The molecule has 1 atom stereocenters. The zero-order chi connectivity index (χ0) is 24.2. The molecule has 9 heteroatoms. The van der Waals surface area contributed by atoms with Crippen LogP contribution in [0.1, 0.15) is 22.7 Å². The highest BCUT2D eigenvalue weighted by Crippen LogP contribution is 2.41. The van der Waals surface area contributed by atoms with Crippen LogP contribution in [0.15, 0.2) is 60.7 Å². The van der Waals surface area contributed by atoms with Crippen LogP contribution < -0.4 is 14.8 Å². The van der Waals surface area contributed by atoms with Crippen LogP contribution in [-0.2, 0) is 11.2 Å². The average molecular weight is 482 g/mol. The maximum Gasteiger partial charge on any atom is 0.271 e. The van der Waals surface area contributed by atoms with Crippen LogP contribution in [0.2, 0.25) is 5.02 Å². The molecule has 1 aliphatic heterocycles. The van der Waals surface area contributed by atoms with Crippen LogP contribution in [0.3, 0.4) is 0 Å². The minimum absolute atomic E-state index is 0.112. The number of hydrogen-bond donors (Lipinski definition) is 1. The first kappa shape index (κ1) is 23.5. The molecule has 0 aromatic heterocycles. The van der Waals surface area contributed by atoms with Crippen molar-refractivity contribution in [1.82, 2.24) is 4.90 Å². The number of non-ortho nitro benzene ring substituents is 1. The van der Waals surface area contributed by atoms with Crippen molar-refractivity contribution >= 4 is 28.9 Å². The van der Waals surface area contributed by atoms with E-state index in [9.17, 15) is 14.9 Å². The molecule has 0 aliphatic carbocycles. The first-order valence-corrected chi connectivity index (χ1v) is 11.1. The van der Waals surface area contributed by atoms with Gasteiger partial charge in [-0.15, -0.1) is 0 Å². The lowest BCUT2D eigenvalue weighted by molar-refractivity contribution is -0.384. The molecule has 0 unspecified atom stereocenters. The highest BCUT2D eigenvalue weighted by atomic mass is 35.5. The third-order valence-corrected chi connectivity index (χ3v) is 6.19. The van der Waals surface area contributed by atoms with Gasteiger partial charge in [0.2, 0.25) is 5.91 Å². The van der Waals surface area contributed by atoms with Gasteiger partial charge in [-0.05, 0) is 41.3 Å². The van der Waals surface area contributed by atoms with Gasteiger partial charge >= 0.3 is 0 Å². The number of amides is 1. The maximum absolute atomic E-state index is 13.0. The molecule has 1 amide bonds. The number of benzene rings is 3. The summed E-state index contributed by atoms with van der Waals surface area (Å²) >= 11 is 6.16. The predicted octanol–water partition coefficient (Wildman–Crippen LogP) is 4.85. The summed E-state index contributed by atoms with van der Waals surface area (Å²) in [5, 5.41) is 13.8. The van der Waals surface area contributed by atoms with E-state index in [0.717, 1.165) is 23.1 Å². The normalized spacial score (nSPS) is 15.3. The molecule has 0 fully saturated rings. The number of nitro benzene ring substituents is 1. The topological polar surface area (TPSA) is 93.9 Å². The molecule has 0 radical (unpaired) electrons. The van der Waals surface area contributed by atoms with Crippen molar-refractivity contribution in [2.45, 2.75) is 12.5 Å². The van der Waals surface area contributed by atoms with Crippen LogP contribution in [0.4, 0.5) is 11.4 Å². The van der Waals surface area contributed by atoms with Gasteiger partial charge in [-0.1, -0.05) is 41.9 Å². The number of carbonyl (C=O) groups excluding carboxylic acids is 1. The molecule has 0 bridgehead atoms. The van der Waals surface area contributed by atoms with Gasteiger partial charge in [-0.3, -0.25) is 19.8 Å². The van der Waals surface area contributed by atoms with E-state index in [-0.39, 0.29) is 29.2 Å². The number of rotatable bonds is 7. The summed E-state index contributed by atoms with van der Waals surface area (Å²) in [5.74, 6) is 1.04. The lowest BCUT2D eigenvalue weighted by Crippen LogP contribution is -2.41. The summed E-state index contributed by atoms with van der Waals surface area (Å²) in [4.78, 5) is 25.5. The number of carbonyl (C=O) groups is 1. The SMILES string of the molecule is COc1cc2c(cc1OC)[C@H](c1ccccc1)N(CC(=O)Nc1ccc([N+](=O)[O-])cc1Cl)CC2. The Balaban J connectivity index is 1.62. The van der Waals surface area contributed by atoms with Crippen LogP contribution in [0.25, 0.3) is 0 Å². The Bertz CT molecular complexity index is 1220. The minimum Gasteiger partial charge on any atom is -0.493 e. The molecule has 0 saturated carbocycles. The van der Waals surface area contributed by atoms with Gasteiger partial charge in [0.05, 0.1) is 42.4 Å². The van der Waals surface area contributed by atoms with E-state index in [1.807, 2.05) is 42.5 Å². The average Bonchev–Trinajstić information content (AvgIpc) is 2.84. The fourth-order valence-electron chi connectivity index (χ4n) is 4.29. The Morgan fingerprint density at radius 3 is 2.47 bits per heavy atom. The Morgan fingerprint density at radius 1 is 1.12 bits per heavy atom. The Labute approximate surface area is 202 Å². The largest absolute Gasteiger partial charge is 0.493 e. The van der Waals surface area contributed by atoms with Gasteiger partial charge in [0, 0.05) is 18.7 Å². The van der Waals surface area contributed by atoms with E-state index < -0.39 is 4.92 Å². The molecule has 0 spiro atoms. The maximum atomic E-state index is 13.0. The van der Waals surface area contributed by atoms with E-state index in [2.05, 4.69) is 10.2 Å². The van der Waals surface area contributed by atoms with Gasteiger partial charge in [0.25, 0.3) is 5.69 Å². The summed E-state index contributed by atoms with van der Waals surface area (Å²) in [7, 11) is 3.21. The van der Waals surface area contributed by atoms with Crippen molar-refractivity contribution in [2.24, 2.45) is 0 Å². The highest BCUT2D eigenvalue weighted by molar-refractivity contribution is 6.34. The zero-order valence-corrected chi connectivity index (χ0v) is 19.5. The highest BCUT2D eigenvalue weighted by Gasteiger charge is 2.31. The summed E-state index contributed by atoms with van der Waals surface area (Å²) in [6.45, 7) is 0.768. The van der Waals surface area contributed by atoms with Gasteiger partial charge in [0.15, 0.2) is 11.5 Å². The predicted molar refractivity (Wildman–Crippen MR) is 130 cm³/mol. The molecular formula is C25H24ClN3O5. The van der Waals surface area contributed by atoms with Crippen molar-refractivity contribution < 1.29 is 19.2 Å². The number of ether oxygens (including phenoxy) is 2. The molecule has 1 heterocycles. The second-order valence-electron chi connectivity index (χ2n) is 7.91. The van der Waals surface area contributed by atoms with Gasteiger partial charge in [-0.2, -0.15) is 0 Å². The molecule has 1 N–H and O–H groups in total. The lowest BCUT2D eigenvalue weighted by Gasteiger charge is -2.37. The molecule has 34 heavy (non-hydrogen) atoms. The number of nitrogens with zero attached hydrogens (tertiary/aromatic N) is 2. The number of hydrogen-bond acceptors (Lipinski definition) is 6. The van der Waals surface area contributed by atoms with Crippen LogP contribution >= 0.6 is 11.6 Å². The van der Waals surface area contributed by atoms with Crippen LogP contribution in [-0.4, -0.2) is 43.0 Å². The second kappa shape index (κ2) is 10.1. The smallest absolute Gasteiger partial charge is 0.271 e. The standard InChI is InChI=1S/C25H24ClN3O5/c1-33-22-12-17-10-11-28(15-24(30)27-21-9-8-18(29(31)32)13-20(21)26)25(16-6-4-3-5-7-16)19(17)14-23(22)34-2/h3-9,12-14,25H,10-11,15H2,1-2H3,(H,27,30)/t25-/m0/s1. The number of anilines is 1. The summed E-state index contributed by atoms with van der Waals surface area (Å²) in [6, 6.07) is 17.8. The van der Waals surface area contributed by atoms with Crippen molar-refractivity contribution in [3.8, 4) is 11.5 Å². The van der Waals surface area contributed by atoms with Gasteiger partial charge in [0.1, 0.15) is 0 Å². The minimum atomic E-state index is -0.531. The Kier molecular flexibility index (Phi) is 7.00. The van der Waals surface area contributed by atoms with Gasteiger partial charge < -0.3 is 14.8 Å². The van der Waals surface area contributed by atoms with Crippen molar-refractivity contribution in [1.29, 1.82) is 0 Å². The third kappa shape index (κ3) is 4.83. The molecule has 8 nitrogen and oxygen atoms in total. The third-order valence-electron chi connectivity index (χ3n) is 5.87. The first-order valence-electron chi connectivity index (χ1n) is 10.7. The molecule has 4 rings (SSSR count). The lowest BCUT2D eigenvalue weighted by atomic mass is 9.87. The number of methoxy groups -OCH3 is 2. The van der Waals surface area contributed by atoms with Crippen LogP contribution in [0.5, 0.6) is 11.5 Å². The number of halogens is 1. The van der Waals surface area contributed by atoms with Crippen molar-refractivity contribution in [2.75, 3.05) is 32.6 Å². The van der Waals surface area contributed by atoms with Crippen molar-refractivity contribution in [3.05, 3.63) is 92.5 Å². The van der Waals surface area contributed by atoms with E-state index >= 15 is 0 Å². The molecule has 176 valence electrons. The van der Waals surface area contributed by atoms with E-state index in [4.69, 9.17) is 21.1 Å². The molecule has 0 saturated heterocycles. The quantitative estimate of drug-likeness (QED) is 0.383. The second-order valence-corrected chi connectivity index (χ2v) is 8.32. The summed E-state index contributed by atoms with van der Waals surface area (Å²) in [5.41, 5.74) is 3.44. The fraction of sp³-hybridized carbons (Fsp3) is 0.240. The molecule has 3 aromatic carbocycles. The number of nitrogens with one attached hydrogen (secondary N) is 1. The van der Waals surface area contributed by atoms with Crippen molar-refractivity contribution in [3.63, 3.8) is 0 Å². The van der Waals surface area contributed by atoms with Gasteiger partial charge in [-0.25, -0.2) is 0 Å².